The van der Waals surface area contributed by atoms with Gasteiger partial charge in [0.1, 0.15) is 0 Å². The highest BCUT2D eigenvalue weighted by Crippen LogP contribution is 2.11. The zero-order chi connectivity index (χ0) is 9.30. The fourth-order valence-corrected chi connectivity index (χ4v) is 1.29. The summed E-state index contributed by atoms with van der Waals surface area (Å²) in [5.41, 5.74) is 0. The quantitative estimate of drug-likeness (QED) is 0.596. The van der Waals surface area contributed by atoms with E-state index in [9.17, 15) is 4.79 Å². The Bertz CT molecular complexity index is 181. The predicted octanol–water partition coefficient (Wildman–Crippen LogP) is 0.261. The molecule has 0 spiro atoms. The zero-order valence-corrected chi connectivity index (χ0v) is 8.24. The highest BCUT2D eigenvalue weighted by molar-refractivity contribution is 5.76. The van der Waals surface area contributed by atoms with Crippen molar-refractivity contribution in [1.29, 1.82) is 0 Å². The van der Waals surface area contributed by atoms with Crippen molar-refractivity contribution in [2.24, 2.45) is 0 Å². The average Bonchev–Trinajstić information content (AvgIpc) is 2.32. The maximum Gasteiger partial charge on any atom is 0.321 e. The van der Waals surface area contributed by atoms with Gasteiger partial charge in [0.2, 0.25) is 0 Å². The van der Waals surface area contributed by atoms with Crippen molar-refractivity contribution in [3.8, 4) is 0 Å². The van der Waals surface area contributed by atoms with Crippen LogP contribution in [0.15, 0.2) is 0 Å². The van der Waals surface area contributed by atoms with E-state index in [1.807, 2.05) is 37.9 Å². The van der Waals surface area contributed by atoms with Crippen LogP contribution in [0.1, 0.15) is 6.92 Å². The van der Waals surface area contributed by atoms with E-state index in [0.717, 1.165) is 13.1 Å². The Kier molecular flexibility index (Phi) is 2.57. The lowest BCUT2D eigenvalue weighted by Gasteiger charge is -2.29. The molecular formula is C8H17N3O. The third-order valence-corrected chi connectivity index (χ3v) is 2.45. The van der Waals surface area contributed by atoms with Crippen LogP contribution in [0.2, 0.25) is 0 Å². The smallest absolute Gasteiger partial charge is 0.321 e. The maximum atomic E-state index is 11.5. The third kappa shape index (κ3) is 1.53. The number of rotatable bonds is 2. The number of urea groups is 1. The predicted molar refractivity (Wildman–Crippen MR) is 47.9 cm³/mol. The minimum atomic E-state index is 0.135. The molecule has 70 valence electrons. The molecule has 0 aromatic heterocycles. The number of carbonyl (C=O) groups excluding carboxylic acids is 1. The van der Waals surface area contributed by atoms with Gasteiger partial charge in [-0.25, -0.2) is 4.79 Å². The highest BCUT2D eigenvalue weighted by atomic mass is 16.2. The van der Waals surface area contributed by atoms with Crippen molar-refractivity contribution in [2.75, 3.05) is 34.2 Å². The van der Waals surface area contributed by atoms with Gasteiger partial charge in [-0.3, -0.25) is 4.90 Å². The van der Waals surface area contributed by atoms with Crippen LogP contribution in [0.5, 0.6) is 0 Å². The van der Waals surface area contributed by atoms with E-state index in [0.29, 0.717) is 0 Å². The molecule has 12 heavy (non-hydrogen) atoms. The molecule has 1 unspecified atom stereocenters. The van der Waals surface area contributed by atoms with E-state index in [-0.39, 0.29) is 12.2 Å². The number of carbonyl (C=O) groups is 1. The fraction of sp³-hybridized carbons (Fsp3) is 0.875. The van der Waals surface area contributed by atoms with E-state index in [4.69, 9.17) is 0 Å². The number of amides is 2. The van der Waals surface area contributed by atoms with Crippen LogP contribution in [-0.4, -0.2) is 61.1 Å². The van der Waals surface area contributed by atoms with Gasteiger partial charge >= 0.3 is 6.03 Å². The Hall–Kier alpha value is -0.770. The van der Waals surface area contributed by atoms with Crippen LogP contribution >= 0.6 is 0 Å². The summed E-state index contributed by atoms with van der Waals surface area (Å²) in [6.07, 6.45) is 0.197. The van der Waals surface area contributed by atoms with Gasteiger partial charge < -0.3 is 9.80 Å². The first-order valence-corrected chi connectivity index (χ1v) is 4.22. The molecule has 1 atom stereocenters. The maximum absolute atomic E-state index is 11.5. The molecule has 0 bridgehead atoms. The molecule has 0 aromatic rings. The van der Waals surface area contributed by atoms with Gasteiger partial charge in [0.25, 0.3) is 0 Å². The molecule has 1 rings (SSSR count). The van der Waals surface area contributed by atoms with Crippen molar-refractivity contribution in [1.82, 2.24) is 14.7 Å². The van der Waals surface area contributed by atoms with E-state index < -0.39 is 0 Å². The Morgan fingerprint density at radius 3 is 2.33 bits per heavy atom. The summed E-state index contributed by atoms with van der Waals surface area (Å²) >= 11 is 0. The molecule has 0 radical (unpaired) electrons. The number of hydrogen-bond acceptors (Lipinski definition) is 2. The molecule has 0 aromatic carbocycles. The Morgan fingerprint density at radius 2 is 2.00 bits per heavy atom. The molecule has 1 aliphatic rings. The number of likely N-dealkylation sites (N-methyl/N-ethyl adjacent to an activating group) is 1. The van der Waals surface area contributed by atoms with E-state index >= 15 is 0 Å². The highest BCUT2D eigenvalue weighted by Gasteiger charge is 2.29. The van der Waals surface area contributed by atoms with Gasteiger partial charge in [0, 0.05) is 20.1 Å². The fourth-order valence-electron chi connectivity index (χ4n) is 1.29. The van der Waals surface area contributed by atoms with Crippen LogP contribution in [0, 0.1) is 0 Å². The van der Waals surface area contributed by atoms with Crippen molar-refractivity contribution in [3.63, 3.8) is 0 Å². The second-order valence-electron chi connectivity index (χ2n) is 3.49. The largest absolute Gasteiger partial charge is 0.326 e. The first kappa shape index (κ1) is 9.32. The van der Waals surface area contributed by atoms with Gasteiger partial charge in [-0.05, 0) is 21.0 Å². The molecule has 2 amide bonds. The molecule has 1 saturated heterocycles. The van der Waals surface area contributed by atoms with E-state index in [1.54, 1.807) is 4.90 Å². The number of hydrogen-bond donors (Lipinski definition) is 0. The topological polar surface area (TPSA) is 26.8 Å². The van der Waals surface area contributed by atoms with Crippen molar-refractivity contribution >= 4 is 6.03 Å². The van der Waals surface area contributed by atoms with Gasteiger partial charge in [0.15, 0.2) is 0 Å². The summed E-state index contributed by atoms with van der Waals surface area (Å²) in [4.78, 5) is 17.1. The minimum Gasteiger partial charge on any atom is -0.326 e. The molecule has 1 heterocycles. The summed E-state index contributed by atoms with van der Waals surface area (Å²) in [7, 11) is 5.80. The summed E-state index contributed by atoms with van der Waals surface area (Å²) in [6.45, 7) is 3.72. The van der Waals surface area contributed by atoms with Gasteiger partial charge in [-0.1, -0.05) is 0 Å². The first-order chi connectivity index (χ1) is 5.54. The molecule has 0 aliphatic carbocycles. The molecule has 0 N–H and O–H groups in total. The van der Waals surface area contributed by atoms with Gasteiger partial charge in [-0.2, -0.15) is 0 Å². The normalized spacial score (nSPS) is 20.9. The second-order valence-corrected chi connectivity index (χ2v) is 3.49. The lowest BCUT2D eigenvalue weighted by Crippen LogP contribution is -2.44. The van der Waals surface area contributed by atoms with Crippen molar-refractivity contribution in [2.45, 2.75) is 13.1 Å². The number of nitrogens with zero attached hydrogens (tertiary/aromatic N) is 3. The van der Waals surface area contributed by atoms with E-state index in [1.165, 1.54) is 0 Å². The Morgan fingerprint density at radius 1 is 1.42 bits per heavy atom. The van der Waals surface area contributed by atoms with Crippen LogP contribution in [0.4, 0.5) is 4.79 Å². The second kappa shape index (κ2) is 3.31. The third-order valence-electron chi connectivity index (χ3n) is 2.45. The average molecular weight is 171 g/mol. The van der Waals surface area contributed by atoms with E-state index in [2.05, 4.69) is 0 Å². The van der Waals surface area contributed by atoms with Gasteiger partial charge in [0.05, 0.1) is 6.17 Å². The summed E-state index contributed by atoms with van der Waals surface area (Å²) in [5.74, 6) is 0. The Labute approximate surface area is 73.7 Å². The summed E-state index contributed by atoms with van der Waals surface area (Å²) in [5, 5.41) is 0. The molecule has 0 saturated carbocycles. The summed E-state index contributed by atoms with van der Waals surface area (Å²) < 4.78 is 0. The Balaban J connectivity index is 2.59. The van der Waals surface area contributed by atoms with Crippen LogP contribution in [0.3, 0.4) is 0 Å². The van der Waals surface area contributed by atoms with Crippen LogP contribution in [-0.2, 0) is 0 Å². The van der Waals surface area contributed by atoms with Crippen molar-refractivity contribution < 1.29 is 4.79 Å². The molecule has 1 fully saturated rings. The first-order valence-electron chi connectivity index (χ1n) is 4.22. The molecule has 4 heteroatoms. The standard InChI is InChI=1S/C8H17N3O/c1-7(9(2)3)11-6-5-10(4)8(11)12/h7H,5-6H2,1-4H3. The minimum absolute atomic E-state index is 0.135. The lowest BCUT2D eigenvalue weighted by molar-refractivity contribution is 0.127. The zero-order valence-electron chi connectivity index (χ0n) is 8.24. The monoisotopic (exact) mass is 171 g/mol. The van der Waals surface area contributed by atoms with Crippen LogP contribution in [0.25, 0.3) is 0 Å². The van der Waals surface area contributed by atoms with Crippen molar-refractivity contribution in [3.05, 3.63) is 0 Å². The molecular weight excluding hydrogens is 154 g/mol. The summed E-state index contributed by atoms with van der Waals surface area (Å²) in [6, 6.07) is 0.135. The van der Waals surface area contributed by atoms with Gasteiger partial charge in [-0.15, -0.1) is 0 Å². The lowest BCUT2D eigenvalue weighted by atomic mass is 10.4. The SMILES string of the molecule is CC(N(C)C)N1CCN(C)C1=O. The van der Waals surface area contributed by atoms with Crippen LogP contribution < -0.4 is 0 Å². The molecule has 4 nitrogen and oxygen atoms in total. The molecule has 1 aliphatic heterocycles.